The average molecular weight is 374 g/mol. The summed E-state index contributed by atoms with van der Waals surface area (Å²) in [6.45, 7) is 7.70. The summed E-state index contributed by atoms with van der Waals surface area (Å²) < 4.78 is 0. The number of hydrogen-bond donors (Lipinski definition) is 2. The molecule has 1 aromatic rings. The second-order valence-electron chi connectivity index (χ2n) is 7.30. The molecule has 0 spiro atoms. The van der Waals surface area contributed by atoms with Gasteiger partial charge in [0.2, 0.25) is 5.91 Å². The van der Waals surface area contributed by atoms with Gasteiger partial charge in [-0.05, 0) is 57.8 Å². The van der Waals surface area contributed by atoms with Crippen molar-refractivity contribution >= 4 is 11.9 Å². The lowest BCUT2D eigenvalue weighted by Crippen LogP contribution is -2.39. The van der Waals surface area contributed by atoms with Gasteiger partial charge in [-0.15, -0.1) is 0 Å². The minimum absolute atomic E-state index is 0.0775. The Morgan fingerprint density at radius 1 is 1.26 bits per heavy atom. The molecule has 0 radical (unpaired) electrons. The van der Waals surface area contributed by atoms with E-state index >= 15 is 0 Å². The SMILES string of the molecule is CCNC(=NCCCCN1CCC(C(N)=O)CC1)N(C)Cc1ccccc1. The Morgan fingerprint density at radius 3 is 2.59 bits per heavy atom. The summed E-state index contributed by atoms with van der Waals surface area (Å²) >= 11 is 0. The Morgan fingerprint density at radius 2 is 1.96 bits per heavy atom. The smallest absolute Gasteiger partial charge is 0.220 e. The average Bonchev–Trinajstić information content (AvgIpc) is 2.68. The van der Waals surface area contributed by atoms with E-state index in [0.29, 0.717) is 0 Å². The van der Waals surface area contributed by atoms with E-state index in [-0.39, 0.29) is 11.8 Å². The van der Waals surface area contributed by atoms with Gasteiger partial charge in [0.1, 0.15) is 0 Å². The van der Waals surface area contributed by atoms with Crippen molar-refractivity contribution in [2.75, 3.05) is 39.8 Å². The van der Waals surface area contributed by atoms with Crippen molar-refractivity contribution < 1.29 is 4.79 Å². The fourth-order valence-electron chi connectivity index (χ4n) is 3.48. The highest BCUT2D eigenvalue weighted by molar-refractivity contribution is 5.79. The van der Waals surface area contributed by atoms with Crippen LogP contribution >= 0.6 is 0 Å². The zero-order chi connectivity index (χ0) is 19.5. The maximum absolute atomic E-state index is 11.2. The van der Waals surface area contributed by atoms with Crippen LogP contribution in [0.4, 0.5) is 0 Å². The molecule has 0 bridgehead atoms. The number of nitrogens with two attached hydrogens (primary N) is 1. The highest BCUT2D eigenvalue weighted by atomic mass is 16.1. The largest absolute Gasteiger partial charge is 0.369 e. The fourth-order valence-corrected chi connectivity index (χ4v) is 3.48. The van der Waals surface area contributed by atoms with Gasteiger partial charge in [-0.2, -0.15) is 0 Å². The first-order valence-electron chi connectivity index (χ1n) is 10.1. The van der Waals surface area contributed by atoms with Crippen LogP contribution in [-0.4, -0.2) is 61.4 Å². The molecule has 6 nitrogen and oxygen atoms in total. The number of unbranched alkanes of at least 4 members (excludes halogenated alkanes) is 1. The summed E-state index contributed by atoms with van der Waals surface area (Å²) in [7, 11) is 2.08. The van der Waals surface area contributed by atoms with Gasteiger partial charge < -0.3 is 20.9 Å². The molecule has 150 valence electrons. The van der Waals surface area contributed by atoms with E-state index in [0.717, 1.165) is 70.9 Å². The molecule has 1 aromatic carbocycles. The van der Waals surface area contributed by atoms with Crippen LogP contribution in [0.15, 0.2) is 35.3 Å². The maximum Gasteiger partial charge on any atom is 0.220 e. The van der Waals surface area contributed by atoms with Crippen molar-refractivity contribution in [1.29, 1.82) is 0 Å². The molecule has 0 unspecified atom stereocenters. The number of carbonyl (C=O) groups excluding carboxylic acids is 1. The molecule has 3 N–H and O–H groups in total. The van der Waals surface area contributed by atoms with Crippen molar-refractivity contribution in [1.82, 2.24) is 15.1 Å². The van der Waals surface area contributed by atoms with E-state index in [1.165, 1.54) is 5.56 Å². The number of benzene rings is 1. The van der Waals surface area contributed by atoms with E-state index in [4.69, 9.17) is 10.7 Å². The van der Waals surface area contributed by atoms with Gasteiger partial charge >= 0.3 is 0 Å². The van der Waals surface area contributed by atoms with E-state index in [1.54, 1.807) is 0 Å². The molecular weight excluding hydrogens is 338 g/mol. The molecule has 6 heteroatoms. The maximum atomic E-state index is 11.2. The monoisotopic (exact) mass is 373 g/mol. The van der Waals surface area contributed by atoms with E-state index in [9.17, 15) is 4.79 Å². The van der Waals surface area contributed by atoms with E-state index in [1.807, 2.05) is 6.07 Å². The first-order chi connectivity index (χ1) is 13.1. The van der Waals surface area contributed by atoms with Crippen LogP contribution in [0.25, 0.3) is 0 Å². The number of guanidine groups is 1. The summed E-state index contributed by atoms with van der Waals surface area (Å²) in [4.78, 5) is 20.6. The van der Waals surface area contributed by atoms with Crippen LogP contribution in [0.2, 0.25) is 0 Å². The molecule has 0 aliphatic carbocycles. The van der Waals surface area contributed by atoms with E-state index in [2.05, 4.69) is 53.4 Å². The second kappa shape index (κ2) is 11.6. The zero-order valence-corrected chi connectivity index (χ0v) is 16.9. The predicted molar refractivity (Wildman–Crippen MR) is 111 cm³/mol. The molecule has 0 aromatic heterocycles. The normalized spacial score (nSPS) is 16.3. The lowest BCUT2D eigenvalue weighted by Gasteiger charge is -2.30. The number of aliphatic imine (C=N–C) groups is 1. The third kappa shape index (κ3) is 7.59. The molecular formula is C21H35N5O. The molecule has 1 aliphatic rings. The van der Waals surface area contributed by atoms with Crippen LogP contribution in [-0.2, 0) is 11.3 Å². The van der Waals surface area contributed by atoms with Crippen LogP contribution in [0, 0.1) is 5.92 Å². The summed E-state index contributed by atoms with van der Waals surface area (Å²) in [5.74, 6) is 0.900. The second-order valence-corrected chi connectivity index (χ2v) is 7.30. The van der Waals surface area contributed by atoms with Gasteiger partial charge in [0.15, 0.2) is 5.96 Å². The number of nitrogens with one attached hydrogen (secondary N) is 1. The van der Waals surface area contributed by atoms with Gasteiger partial charge in [0.25, 0.3) is 0 Å². The number of hydrogen-bond acceptors (Lipinski definition) is 3. The van der Waals surface area contributed by atoms with E-state index < -0.39 is 0 Å². The summed E-state index contributed by atoms with van der Waals surface area (Å²) in [6, 6.07) is 10.5. The highest BCUT2D eigenvalue weighted by Gasteiger charge is 2.22. The Kier molecular flexibility index (Phi) is 9.11. The Bertz CT molecular complexity index is 581. The van der Waals surface area contributed by atoms with Crippen molar-refractivity contribution in [3.8, 4) is 0 Å². The molecule has 1 heterocycles. The topological polar surface area (TPSA) is 74.0 Å². The van der Waals surface area contributed by atoms with Crippen LogP contribution in [0.1, 0.15) is 38.2 Å². The minimum atomic E-state index is -0.139. The minimum Gasteiger partial charge on any atom is -0.369 e. The first kappa shape index (κ1) is 21.2. The van der Waals surface area contributed by atoms with Gasteiger partial charge in [-0.3, -0.25) is 9.79 Å². The molecule has 0 atom stereocenters. The van der Waals surface area contributed by atoms with Gasteiger partial charge in [0, 0.05) is 32.6 Å². The number of piperidine rings is 1. The quantitative estimate of drug-likeness (QED) is 0.395. The van der Waals surface area contributed by atoms with Crippen molar-refractivity contribution in [2.45, 2.75) is 39.2 Å². The number of likely N-dealkylation sites (tertiary alicyclic amines) is 1. The predicted octanol–water partition coefficient (Wildman–Crippen LogP) is 2.06. The molecule has 1 aliphatic heterocycles. The Hall–Kier alpha value is -2.08. The molecule has 2 rings (SSSR count). The third-order valence-corrected chi connectivity index (χ3v) is 5.09. The lowest BCUT2D eigenvalue weighted by atomic mass is 9.96. The Labute approximate surface area is 163 Å². The van der Waals surface area contributed by atoms with Gasteiger partial charge in [-0.1, -0.05) is 30.3 Å². The number of rotatable bonds is 9. The summed E-state index contributed by atoms with van der Waals surface area (Å²) in [5.41, 5.74) is 6.68. The number of nitrogens with zero attached hydrogens (tertiary/aromatic N) is 3. The van der Waals surface area contributed by atoms with Crippen molar-refractivity contribution in [3.63, 3.8) is 0 Å². The summed E-state index contributed by atoms with van der Waals surface area (Å²) in [6.07, 6.45) is 4.01. The third-order valence-electron chi connectivity index (χ3n) is 5.09. The van der Waals surface area contributed by atoms with Gasteiger partial charge in [0.05, 0.1) is 0 Å². The molecule has 1 fully saturated rings. The fraction of sp³-hybridized carbons (Fsp3) is 0.619. The standard InChI is InChI=1S/C21H35N5O/c1-3-23-21(25(2)17-18-9-5-4-6-10-18)24-13-7-8-14-26-15-11-19(12-16-26)20(22)27/h4-6,9-10,19H,3,7-8,11-17H2,1-2H3,(H2,22,27)(H,23,24). The van der Waals surface area contributed by atoms with Gasteiger partial charge in [-0.25, -0.2) is 0 Å². The van der Waals surface area contributed by atoms with Crippen LogP contribution in [0.5, 0.6) is 0 Å². The first-order valence-corrected chi connectivity index (χ1v) is 10.1. The molecule has 1 saturated heterocycles. The molecule has 27 heavy (non-hydrogen) atoms. The number of primary amides is 1. The molecule has 1 amide bonds. The van der Waals surface area contributed by atoms with Crippen molar-refractivity contribution in [2.24, 2.45) is 16.6 Å². The van der Waals surface area contributed by atoms with Crippen LogP contribution < -0.4 is 11.1 Å². The number of amides is 1. The Balaban J connectivity index is 1.69. The van der Waals surface area contributed by atoms with Crippen LogP contribution in [0.3, 0.4) is 0 Å². The highest BCUT2D eigenvalue weighted by Crippen LogP contribution is 2.16. The zero-order valence-electron chi connectivity index (χ0n) is 16.9. The summed E-state index contributed by atoms with van der Waals surface area (Å²) in [5, 5.41) is 3.38. The van der Waals surface area contributed by atoms with Crippen molar-refractivity contribution in [3.05, 3.63) is 35.9 Å². The number of carbonyl (C=O) groups is 1. The molecule has 0 saturated carbocycles. The lowest BCUT2D eigenvalue weighted by molar-refractivity contribution is -0.123.